The maximum Gasteiger partial charge on any atom is 0.298 e. The Morgan fingerprint density at radius 2 is 1.91 bits per heavy atom. The lowest BCUT2D eigenvalue weighted by Gasteiger charge is -2.05. The van der Waals surface area contributed by atoms with Crippen LogP contribution in [0.1, 0.15) is 0 Å². The summed E-state index contributed by atoms with van der Waals surface area (Å²) >= 11 is 0. The van der Waals surface area contributed by atoms with Gasteiger partial charge in [0.05, 0.1) is 5.30 Å². The lowest BCUT2D eigenvalue weighted by molar-refractivity contribution is 0.469. The second-order valence-electron chi connectivity index (χ2n) is 2.11. The Balaban J connectivity index is 3.25. The third-order valence-electron chi connectivity index (χ3n) is 1.23. The summed E-state index contributed by atoms with van der Waals surface area (Å²) in [5, 5.41) is 8.92. The molecule has 1 unspecified atom stereocenters. The summed E-state index contributed by atoms with van der Waals surface area (Å²) in [6.07, 6.45) is 0. The summed E-state index contributed by atoms with van der Waals surface area (Å²) in [5.41, 5.74) is 4.91. The highest BCUT2D eigenvalue weighted by molar-refractivity contribution is 7.63. The number of aromatic hydroxyl groups is 1. The fraction of sp³-hybridized carbons (Fsp3) is 0. The summed E-state index contributed by atoms with van der Waals surface area (Å²) in [7, 11) is -3.81. The van der Waals surface area contributed by atoms with Gasteiger partial charge in [-0.1, -0.05) is 12.1 Å². The first-order valence-corrected chi connectivity index (χ1v) is 4.64. The highest BCUT2D eigenvalue weighted by Gasteiger charge is 2.17. The highest BCUT2D eigenvalue weighted by atomic mass is 31.2. The van der Waals surface area contributed by atoms with E-state index in [4.69, 9.17) is 15.5 Å². The Bertz CT molecular complexity index is 306. The Morgan fingerprint density at radius 3 is 2.27 bits per heavy atom. The maximum absolute atomic E-state index is 10.8. The van der Waals surface area contributed by atoms with Crippen molar-refractivity contribution in [2.75, 3.05) is 0 Å². The molecule has 1 rings (SSSR count). The van der Waals surface area contributed by atoms with Crippen LogP contribution in [0, 0.1) is 0 Å². The van der Waals surface area contributed by atoms with Crippen molar-refractivity contribution in [1.82, 2.24) is 0 Å². The molecule has 0 aliphatic heterocycles. The van der Waals surface area contributed by atoms with Gasteiger partial charge < -0.3 is 10.00 Å². The molecule has 0 radical (unpaired) electrons. The van der Waals surface area contributed by atoms with Crippen molar-refractivity contribution in [1.29, 1.82) is 0 Å². The Hall–Kier alpha value is -0.830. The number of para-hydroxylation sites is 1. The second-order valence-corrected chi connectivity index (χ2v) is 3.84. The van der Waals surface area contributed by atoms with Gasteiger partial charge in [0.15, 0.2) is 0 Å². The van der Waals surface area contributed by atoms with Gasteiger partial charge in [-0.25, -0.2) is 0 Å². The summed E-state index contributed by atoms with van der Waals surface area (Å²) in [6, 6.07) is 5.71. The third-order valence-corrected chi connectivity index (χ3v) is 2.30. The van der Waals surface area contributed by atoms with Crippen molar-refractivity contribution in [3.05, 3.63) is 24.3 Å². The first-order valence-electron chi connectivity index (χ1n) is 2.92. The molecule has 0 bridgehead atoms. The van der Waals surface area contributed by atoms with Gasteiger partial charge in [0.25, 0.3) is 7.52 Å². The average molecular weight is 173 g/mol. The molecule has 4 nitrogen and oxygen atoms in total. The SMILES string of the molecule is NP(=O)(O)c1ccccc1O. The minimum Gasteiger partial charge on any atom is -0.507 e. The first kappa shape index (κ1) is 8.27. The van der Waals surface area contributed by atoms with E-state index in [1.807, 2.05) is 0 Å². The molecular formula is C6H8NO3P. The molecule has 0 spiro atoms. The van der Waals surface area contributed by atoms with Gasteiger partial charge in [0, 0.05) is 0 Å². The summed E-state index contributed by atoms with van der Waals surface area (Å²) in [6.45, 7) is 0. The molecule has 1 aromatic rings. The lowest BCUT2D eigenvalue weighted by Crippen LogP contribution is -2.10. The smallest absolute Gasteiger partial charge is 0.298 e. The molecule has 0 aliphatic carbocycles. The molecule has 1 aromatic carbocycles. The molecule has 0 saturated heterocycles. The Labute approximate surface area is 63.8 Å². The Kier molecular flexibility index (Phi) is 2.00. The number of phenols is 1. The zero-order valence-corrected chi connectivity index (χ0v) is 6.53. The molecule has 0 fully saturated rings. The molecule has 0 heterocycles. The standard InChI is InChI=1S/C6H8NO3P/c7-11(9,10)6-4-2-1-3-5(6)8/h1-4,8H,(H3,7,9,10). The predicted octanol–water partition coefficient (Wildman–Crippen LogP) is 0.162. The number of phenolic OH excluding ortho intramolecular Hbond substituents is 1. The first-order chi connectivity index (χ1) is 5.02. The normalized spacial score (nSPS) is 15.8. The Morgan fingerprint density at radius 1 is 1.36 bits per heavy atom. The van der Waals surface area contributed by atoms with Crippen LogP contribution in [-0.4, -0.2) is 10.00 Å². The second kappa shape index (κ2) is 2.66. The molecule has 0 aromatic heterocycles. The van der Waals surface area contributed by atoms with Crippen molar-refractivity contribution >= 4 is 12.8 Å². The van der Waals surface area contributed by atoms with E-state index in [1.54, 1.807) is 6.07 Å². The molecule has 5 heteroatoms. The molecular weight excluding hydrogens is 165 g/mol. The van der Waals surface area contributed by atoms with E-state index in [9.17, 15) is 4.57 Å². The van der Waals surface area contributed by atoms with Crippen molar-refractivity contribution in [3.63, 3.8) is 0 Å². The molecule has 0 saturated carbocycles. The van der Waals surface area contributed by atoms with Crippen LogP contribution in [0.4, 0.5) is 0 Å². The fourth-order valence-electron chi connectivity index (χ4n) is 0.735. The van der Waals surface area contributed by atoms with E-state index in [0.717, 1.165) is 0 Å². The lowest BCUT2D eigenvalue weighted by atomic mass is 10.3. The summed E-state index contributed by atoms with van der Waals surface area (Å²) in [4.78, 5) is 8.84. The molecule has 0 amide bonds. The number of hydrogen-bond donors (Lipinski definition) is 3. The molecule has 1 atom stereocenters. The van der Waals surface area contributed by atoms with Crippen LogP contribution >= 0.6 is 7.52 Å². The zero-order chi connectivity index (χ0) is 8.48. The van der Waals surface area contributed by atoms with Crippen molar-refractivity contribution < 1.29 is 14.6 Å². The van der Waals surface area contributed by atoms with Crippen LogP contribution in [-0.2, 0) is 4.57 Å². The number of benzene rings is 1. The molecule has 60 valence electrons. The summed E-state index contributed by atoms with van der Waals surface area (Å²) < 4.78 is 10.8. The van der Waals surface area contributed by atoms with Gasteiger partial charge in [0.2, 0.25) is 0 Å². The maximum atomic E-state index is 10.8. The van der Waals surface area contributed by atoms with Crippen LogP contribution in [0.5, 0.6) is 5.75 Å². The topological polar surface area (TPSA) is 83.6 Å². The van der Waals surface area contributed by atoms with Gasteiger partial charge in [-0.15, -0.1) is 0 Å². The number of rotatable bonds is 1. The van der Waals surface area contributed by atoms with E-state index in [-0.39, 0.29) is 11.1 Å². The van der Waals surface area contributed by atoms with Gasteiger partial charge in [0.1, 0.15) is 5.75 Å². The van der Waals surface area contributed by atoms with E-state index in [1.165, 1.54) is 18.2 Å². The van der Waals surface area contributed by atoms with Gasteiger partial charge >= 0.3 is 0 Å². The number of hydrogen-bond acceptors (Lipinski definition) is 2. The van der Waals surface area contributed by atoms with Crippen molar-refractivity contribution in [2.45, 2.75) is 0 Å². The van der Waals surface area contributed by atoms with Gasteiger partial charge in [-0.05, 0) is 12.1 Å². The monoisotopic (exact) mass is 173 g/mol. The highest BCUT2D eigenvalue weighted by Crippen LogP contribution is 2.32. The minimum atomic E-state index is -3.81. The van der Waals surface area contributed by atoms with Crippen LogP contribution < -0.4 is 10.8 Å². The molecule has 11 heavy (non-hydrogen) atoms. The minimum absolute atomic E-state index is 0.111. The van der Waals surface area contributed by atoms with E-state index in [0.29, 0.717) is 0 Å². The molecule has 4 N–H and O–H groups in total. The van der Waals surface area contributed by atoms with Crippen molar-refractivity contribution in [3.8, 4) is 5.75 Å². The third kappa shape index (κ3) is 1.80. The van der Waals surface area contributed by atoms with Crippen LogP contribution in [0.15, 0.2) is 24.3 Å². The van der Waals surface area contributed by atoms with Crippen LogP contribution in [0.3, 0.4) is 0 Å². The largest absolute Gasteiger partial charge is 0.507 e. The van der Waals surface area contributed by atoms with Crippen LogP contribution in [0.25, 0.3) is 0 Å². The van der Waals surface area contributed by atoms with Crippen molar-refractivity contribution in [2.24, 2.45) is 5.50 Å². The van der Waals surface area contributed by atoms with Crippen LogP contribution in [0.2, 0.25) is 0 Å². The van der Waals surface area contributed by atoms with E-state index < -0.39 is 7.52 Å². The van der Waals surface area contributed by atoms with Gasteiger partial charge in [-0.2, -0.15) is 0 Å². The predicted molar refractivity (Wildman–Crippen MR) is 41.8 cm³/mol. The quantitative estimate of drug-likeness (QED) is 0.528. The fourth-order valence-corrected chi connectivity index (χ4v) is 1.44. The summed E-state index contributed by atoms with van der Waals surface area (Å²) in [5.74, 6) is -0.249. The van der Waals surface area contributed by atoms with E-state index in [2.05, 4.69) is 0 Å². The zero-order valence-electron chi connectivity index (χ0n) is 5.64. The average Bonchev–Trinajstić information content (AvgIpc) is 1.86. The van der Waals surface area contributed by atoms with Gasteiger partial charge in [-0.3, -0.25) is 10.1 Å². The number of nitrogens with two attached hydrogens (primary N) is 1. The van der Waals surface area contributed by atoms with E-state index >= 15 is 0 Å². The molecule has 0 aliphatic rings.